The zero-order valence-corrected chi connectivity index (χ0v) is 30.9. The molecular weight excluding hydrogens is 701 g/mol. The number of amides is 2. The predicted molar refractivity (Wildman–Crippen MR) is 197 cm³/mol. The fourth-order valence-electron chi connectivity index (χ4n) is 4.32. The van der Waals surface area contributed by atoms with Crippen LogP contribution < -0.4 is 21.7 Å². The van der Waals surface area contributed by atoms with Gasteiger partial charge in [0.2, 0.25) is 11.8 Å². The van der Waals surface area contributed by atoms with Gasteiger partial charge in [-0.05, 0) is 75.8 Å². The van der Waals surface area contributed by atoms with E-state index in [-0.39, 0.29) is 35.8 Å². The fraction of sp³-hybridized carbons (Fsp3) is 0.471. The molecule has 1 aromatic carbocycles. The van der Waals surface area contributed by atoms with E-state index >= 15 is 0 Å². The molecule has 3 atom stereocenters. The van der Waals surface area contributed by atoms with Crippen molar-refractivity contribution in [1.82, 2.24) is 25.8 Å². The highest BCUT2D eigenvalue weighted by Crippen LogP contribution is 2.25. The number of thioether (sulfide) groups is 2. The number of phenolic OH excluding ortho intramolecular Hbond substituents is 2. The Labute approximate surface area is 306 Å². The number of esters is 2. The number of hydrogen-bond acceptors (Lipinski definition) is 15. The number of nitrogens with two attached hydrogens (primary N) is 1. The van der Waals surface area contributed by atoms with Crippen molar-refractivity contribution in [1.29, 1.82) is 0 Å². The zero-order chi connectivity index (χ0) is 37.8. The molecule has 15 nitrogen and oxygen atoms in total. The summed E-state index contributed by atoms with van der Waals surface area (Å²) in [6.07, 6.45) is 5.99. The summed E-state index contributed by atoms with van der Waals surface area (Å²) in [6.45, 7) is 1.66. The minimum Gasteiger partial charge on any atom is -0.504 e. The van der Waals surface area contributed by atoms with Crippen LogP contribution in [0.15, 0.2) is 47.6 Å². The number of phenols is 2. The van der Waals surface area contributed by atoms with E-state index < -0.39 is 41.4 Å². The molecular formula is C34H48N6O9S2. The Kier molecular flexibility index (Phi) is 19.1. The number of benzene rings is 1. The van der Waals surface area contributed by atoms with E-state index in [1.54, 1.807) is 17.8 Å². The molecule has 7 N–H and O–H groups in total. The average molecular weight is 749 g/mol. The van der Waals surface area contributed by atoms with E-state index in [1.807, 2.05) is 14.1 Å². The number of carbonyl (C=O) groups excluding carboxylic acids is 5. The number of ether oxygens (including phenoxy) is 2. The number of pyridine rings is 1. The van der Waals surface area contributed by atoms with Crippen LogP contribution in [0.25, 0.3) is 6.08 Å². The van der Waals surface area contributed by atoms with Crippen LogP contribution in [0.3, 0.4) is 0 Å². The van der Waals surface area contributed by atoms with Crippen LogP contribution >= 0.6 is 23.5 Å². The molecule has 0 fully saturated rings. The molecule has 51 heavy (non-hydrogen) atoms. The van der Waals surface area contributed by atoms with Crippen LogP contribution in [0, 0.1) is 0 Å². The lowest BCUT2D eigenvalue weighted by atomic mass is 10.1. The molecule has 2 rings (SSSR count). The quantitative estimate of drug-likeness (QED) is 0.0235. The Bertz CT molecular complexity index is 1480. The molecule has 280 valence electrons. The average Bonchev–Trinajstić information content (AvgIpc) is 3.12. The van der Waals surface area contributed by atoms with Gasteiger partial charge in [-0.1, -0.05) is 6.07 Å². The number of unbranched alkanes of at least 4 members (excludes halogenated alkanes) is 1. The van der Waals surface area contributed by atoms with E-state index in [0.717, 1.165) is 30.3 Å². The maximum atomic E-state index is 13.5. The lowest BCUT2D eigenvalue weighted by molar-refractivity contribution is -0.144. The van der Waals surface area contributed by atoms with Crippen molar-refractivity contribution < 1.29 is 43.7 Å². The van der Waals surface area contributed by atoms with E-state index in [1.165, 1.54) is 56.8 Å². The molecule has 0 aliphatic heterocycles. The Morgan fingerprint density at radius 2 is 1.80 bits per heavy atom. The highest BCUT2D eigenvalue weighted by Gasteiger charge is 2.28. The molecule has 0 aliphatic rings. The SMILES string of the molecule is COC(=O)c1ccc(SC[C@H](NC(=O)C(CCCCNC[C@@](N)(C=O)CSCCN(C)C)NC(=O)/C=C/c2ccc(O)c(O)c2)C(=O)OC)nc1. The topological polar surface area (TPSA) is 223 Å². The lowest BCUT2D eigenvalue weighted by Crippen LogP contribution is -2.53. The van der Waals surface area contributed by atoms with Gasteiger partial charge in [0.25, 0.3) is 0 Å². The van der Waals surface area contributed by atoms with Crippen LogP contribution in [0.5, 0.6) is 11.5 Å². The summed E-state index contributed by atoms with van der Waals surface area (Å²) >= 11 is 2.76. The number of nitrogens with one attached hydrogen (secondary N) is 3. The number of aromatic hydroxyl groups is 2. The van der Waals surface area contributed by atoms with E-state index in [0.29, 0.717) is 35.7 Å². The molecule has 0 saturated carbocycles. The first-order valence-electron chi connectivity index (χ1n) is 16.0. The third-order valence-electron chi connectivity index (χ3n) is 7.26. The molecule has 2 aromatic rings. The third-order valence-corrected chi connectivity index (χ3v) is 9.51. The monoisotopic (exact) mass is 748 g/mol. The first-order valence-corrected chi connectivity index (χ1v) is 18.2. The van der Waals surface area contributed by atoms with Crippen molar-refractivity contribution in [2.24, 2.45) is 5.73 Å². The number of hydrogen-bond donors (Lipinski definition) is 6. The molecule has 0 bridgehead atoms. The Balaban J connectivity index is 2.06. The van der Waals surface area contributed by atoms with Crippen LogP contribution in [0.4, 0.5) is 0 Å². The number of methoxy groups -OCH3 is 2. The molecule has 1 heterocycles. The summed E-state index contributed by atoms with van der Waals surface area (Å²) in [4.78, 5) is 68.7. The smallest absolute Gasteiger partial charge is 0.339 e. The highest BCUT2D eigenvalue weighted by atomic mass is 32.2. The van der Waals surface area contributed by atoms with Crippen molar-refractivity contribution in [2.75, 3.05) is 65.2 Å². The van der Waals surface area contributed by atoms with Gasteiger partial charge in [0.1, 0.15) is 18.4 Å². The largest absolute Gasteiger partial charge is 0.504 e. The lowest BCUT2D eigenvalue weighted by Gasteiger charge is -2.24. The van der Waals surface area contributed by atoms with Crippen LogP contribution in [-0.4, -0.2) is 133 Å². The van der Waals surface area contributed by atoms with Crippen molar-refractivity contribution in [3.05, 3.63) is 53.7 Å². The molecule has 1 unspecified atom stereocenters. The maximum Gasteiger partial charge on any atom is 0.339 e. The van der Waals surface area contributed by atoms with E-state index in [2.05, 4.69) is 30.6 Å². The van der Waals surface area contributed by atoms with Gasteiger partial charge in [0.05, 0.1) is 30.3 Å². The second-order valence-corrected chi connectivity index (χ2v) is 13.9. The zero-order valence-electron chi connectivity index (χ0n) is 29.3. The van der Waals surface area contributed by atoms with Gasteiger partial charge in [-0.15, -0.1) is 11.8 Å². The Morgan fingerprint density at radius 1 is 1.04 bits per heavy atom. The van der Waals surface area contributed by atoms with Crippen molar-refractivity contribution in [3.63, 3.8) is 0 Å². The number of aromatic nitrogens is 1. The van der Waals surface area contributed by atoms with Crippen LogP contribution in [-0.2, 0) is 28.7 Å². The highest BCUT2D eigenvalue weighted by molar-refractivity contribution is 7.99. The Hall–Kier alpha value is -4.16. The summed E-state index contributed by atoms with van der Waals surface area (Å²) in [7, 11) is 6.40. The minimum absolute atomic E-state index is 0.0445. The van der Waals surface area contributed by atoms with Gasteiger partial charge in [0.15, 0.2) is 11.5 Å². The molecule has 1 aromatic heterocycles. The van der Waals surface area contributed by atoms with Crippen molar-refractivity contribution in [3.8, 4) is 11.5 Å². The molecule has 2 amide bonds. The number of aldehydes is 1. The summed E-state index contributed by atoms with van der Waals surface area (Å²) in [6, 6.07) is 5.02. The van der Waals surface area contributed by atoms with Gasteiger partial charge >= 0.3 is 11.9 Å². The summed E-state index contributed by atoms with van der Waals surface area (Å²) in [5, 5.41) is 28.3. The van der Waals surface area contributed by atoms with Gasteiger partial charge < -0.3 is 51.1 Å². The fourth-order valence-corrected chi connectivity index (χ4v) is 6.35. The van der Waals surface area contributed by atoms with Crippen LogP contribution in [0.1, 0.15) is 35.2 Å². The number of carbonyl (C=O) groups is 5. The normalized spacial score (nSPS) is 13.6. The standard InChI is InChI=1S/C34H48N6O9S2/c1-40(2)15-16-50-22-34(35,21-41)20-36-14-6-5-7-25(38-29(44)12-9-23-8-11-27(42)28(43)17-23)31(45)39-26(33(47)49-4)19-51-30-13-10-24(18-37-30)32(46)48-3/h8-13,17-18,21,25-26,36,42-43H,5-7,14-16,19-20,22,35H2,1-4H3,(H,38,44)(H,39,45)/b12-9+/t25?,26-,34+/m0/s1. The predicted octanol–water partition coefficient (Wildman–Crippen LogP) is 1.18. The number of rotatable bonds is 23. The Morgan fingerprint density at radius 3 is 2.43 bits per heavy atom. The number of nitrogens with zero attached hydrogens (tertiary/aromatic N) is 2. The molecule has 0 saturated heterocycles. The summed E-state index contributed by atoms with van der Waals surface area (Å²) in [5.74, 6) is -1.77. The molecule has 0 radical (unpaired) electrons. The van der Waals surface area contributed by atoms with E-state index in [9.17, 15) is 34.2 Å². The molecule has 17 heteroatoms. The third kappa shape index (κ3) is 16.2. The van der Waals surface area contributed by atoms with Gasteiger partial charge in [-0.2, -0.15) is 11.8 Å². The van der Waals surface area contributed by atoms with Crippen molar-refractivity contribution >= 4 is 59.6 Å². The summed E-state index contributed by atoms with van der Waals surface area (Å²) in [5.41, 5.74) is 5.94. The van der Waals surface area contributed by atoms with Crippen LogP contribution in [0.2, 0.25) is 0 Å². The second-order valence-electron chi connectivity index (χ2n) is 11.8. The minimum atomic E-state index is -1.09. The molecule has 0 spiro atoms. The van der Waals surface area contributed by atoms with Crippen molar-refractivity contribution in [2.45, 2.75) is 41.9 Å². The molecule has 0 aliphatic carbocycles. The first kappa shape index (κ1) is 43.0. The van der Waals surface area contributed by atoms with Gasteiger partial charge in [0, 0.05) is 42.6 Å². The summed E-state index contributed by atoms with van der Waals surface area (Å²) < 4.78 is 9.58. The van der Waals surface area contributed by atoms with Gasteiger partial charge in [-0.3, -0.25) is 9.59 Å². The maximum absolute atomic E-state index is 13.5. The second kappa shape index (κ2) is 22.6. The van der Waals surface area contributed by atoms with E-state index in [4.69, 9.17) is 10.5 Å². The first-order chi connectivity index (χ1) is 24.3. The van der Waals surface area contributed by atoms with Gasteiger partial charge in [-0.25, -0.2) is 14.6 Å².